The summed E-state index contributed by atoms with van der Waals surface area (Å²) in [4.78, 5) is 49.2. The lowest BCUT2D eigenvalue weighted by atomic mass is 9.73. The normalized spacial score (nSPS) is 36.4. The summed E-state index contributed by atoms with van der Waals surface area (Å²) >= 11 is 0. The van der Waals surface area contributed by atoms with Gasteiger partial charge in [-0.25, -0.2) is 0 Å². The number of amides is 2. The molecule has 0 spiro atoms. The van der Waals surface area contributed by atoms with E-state index in [9.17, 15) is 19.2 Å². The first kappa shape index (κ1) is 16.9. The number of rotatable bonds is 4. The number of hydrogen-bond donors (Lipinski definition) is 1. The van der Waals surface area contributed by atoms with E-state index in [4.69, 9.17) is 9.47 Å². The topological polar surface area (TPSA) is 98.8 Å². The summed E-state index contributed by atoms with van der Waals surface area (Å²) < 4.78 is 10.2. The molecule has 6 unspecified atom stereocenters. The first-order valence-electron chi connectivity index (χ1n) is 8.36. The van der Waals surface area contributed by atoms with Crippen molar-refractivity contribution >= 4 is 23.8 Å². The maximum atomic E-state index is 12.7. The maximum absolute atomic E-state index is 12.7. The summed E-state index contributed by atoms with van der Waals surface area (Å²) in [5, 5.41) is 2.45. The molecule has 1 saturated heterocycles. The number of carbonyl (C=O) groups excluding carboxylic acids is 4. The number of nitrogens with one attached hydrogen (secondary N) is 1. The summed E-state index contributed by atoms with van der Waals surface area (Å²) in [7, 11) is 1.27. The van der Waals surface area contributed by atoms with Crippen LogP contribution in [0.4, 0.5) is 0 Å². The van der Waals surface area contributed by atoms with E-state index in [1.165, 1.54) is 7.11 Å². The molecule has 7 heteroatoms. The first-order chi connectivity index (χ1) is 11.2. The Balaban J connectivity index is 1.82. The van der Waals surface area contributed by atoms with E-state index in [0.717, 1.165) is 0 Å². The van der Waals surface area contributed by atoms with Crippen LogP contribution < -0.4 is 5.32 Å². The Morgan fingerprint density at radius 2 is 1.92 bits per heavy atom. The van der Waals surface area contributed by atoms with E-state index >= 15 is 0 Å². The molecule has 3 fully saturated rings. The van der Waals surface area contributed by atoms with Crippen molar-refractivity contribution in [1.29, 1.82) is 0 Å². The van der Waals surface area contributed by atoms with E-state index in [2.05, 4.69) is 5.32 Å². The molecule has 2 saturated carbocycles. The number of hydrogen-bond acceptors (Lipinski definition) is 6. The molecule has 1 aliphatic heterocycles. The molecule has 0 aromatic rings. The van der Waals surface area contributed by atoms with Crippen molar-refractivity contribution in [1.82, 2.24) is 5.32 Å². The third-order valence-electron chi connectivity index (χ3n) is 6.13. The van der Waals surface area contributed by atoms with Crippen LogP contribution in [0.15, 0.2) is 0 Å². The third-order valence-corrected chi connectivity index (χ3v) is 6.13. The predicted octanol–water partition coefficient (Wildman–Crippen LogP) is 0.662. The second kappa shape index (κ2) is 5.57. The van der Waals surface area contributed by atoms with Crippen LogP contribution >= 0.6 is 0 Å². The van der Waals surface area contributed by atoms with Crippen molar-refractivity contribution in [3.8, 4) is 0 Å². The van der Waals surface area contributed by atoms with Gasteiger partial charge in [0.25, 0.3) is 0 Å². The minimum atomic E-state index is -0.668. The van der Waals surface area contributed by atoms with Crippen molar-refractivity contribution in [2.75, 3.05) is 7.11 Å². The van der Waals surface area contributed by atoms with Crippen LogP contribution in [-0.2, 0) is 28.7 Å². The summed E-state index contributed by atoms with van der Waals surface area (Å²) in [6, 6.07) is 0. The van der Waals surface area contributed by atoms with Gasteiger partial charge in [-0.3, -0.25) is 24.5 Å². The number of esters is 2. The average molecular weight is 337 g/mol. The van der Waals surface area contributed by atoms with Crippen molar-refractivity contribution < 1.29 is 28.7 Å². The van der Waals surface area contributed by atoms with Crippen molar-refractivity contribution in [3.63, 3.8) is 0 Å². The maximum Gasteiger partial charge on any atom is 0.310 e. The van der Waals surface area contributed by atoms with Crippen LogP contribution in [0.1, 0.15) is 33.6 Å². The molecule has 24 heavy (non-hydrogen) atoms. The molecule has 3 rings (SSSR count). The Kier molecular flexibility index (Phi) is 3.92. The van der Waals surface area contributed by atoms with Crippen molar-refractivity contribution in [3.05, 3.63) is 0 Å². The molecule has 2 bridgehead atoms. The molecule has 132 valence electrons. The zero-order chi connectivity index (χ0) is 17.8. The van der Waals surface area contributed by atoms with E-state index < -0.39 is 47.1 Å². The molecule has 0 aromatic carbocycles. The van der Waals surface area contributed by atoms with Gasteiger partial charge in [-0.1, -0.05) is 20.8 Å². The number of carbonyl (C=O) groups is 4. The average Bonchev–Trinajstić information content (AvgIpc) is 3.14. The lowest BCUT2D eigenvalue weighted by molar-refractivity contribution is -0.153. The minimum Gasteiger partial charge on any atom is -0.469 e. The Hall–Kier alpha value is -1.92. The SMILES string of the molecule is CCC(C)(C)C(=O)NC(=O)C1C2CC3C1OC(=O)C3C2C(=O)OC. The highest BCUT2D eigenvalue weighted by Crippen LogP contribution is 2.60. The first-order valence-corrected chi connectivity index (χ1v) is 8.36. The highest BCUT2D eigenvalue weighted by Gasteiger charge is 2.70. The van der Waals surface area contributed by atoms with Gasteiger partial charge in [0, 0.05) is 11.3 Å². The Labute approximate surface area is 140 Å². The second-order valence-electron chi connectivity index (χ2n) is 7.62. The van der Waals surface area contributed by atoms with Crippen LogP contribution in [0.2, 0.25) is 0 Å². The Morgan fingerprint density at radius 3 is 2.50 bits per heavy atom. The summed E-state index contributed by atoms with van der Waals surface area (Å²) in [5.74, 6) is -4.03. The lowest BCUT2D eigenvalue weighted by Crippen LogP contribution is -2.49. The van der Waals surface area contributed by atoms with E-state index in [1.54, 1.807) is 13.8 Å². The fourth-order valence-electron chi connectivity index (χ4n) is 4.38. The molecule has 2 aliphatic carbocycles. The standard InChI is InChI=1S/C17H23NO6/c1-5-17(2,3)16(22)18-13(19)11-7-6-8-10(9(7)14(20)23-4)15(21)24-12(8)11/h7-12H,5-6H2,1-4H3,(H,18,19,22). The van der Waals surface area contributed by atoms with Gasteiger partial charge in [0.15, 0.2) is 0 Å². The van der Waals surface area contributed by atoms with Crippen molar-refractivity contribution in [2.45, 2.75) is 39.7 Å². The number of fused-ring (bicyclic) bond motifs is 1. The molecule has 0 aromatic heterocycles. The van der Waals surface area contributed by atoms with Crippen LogP contribution in [-0.4, -0.2) is 37.0 Å². The van der Waals surface area contributed by atoms with E-state index in [1.807, 2.05) is 6.92 Å². The monoisotopic (exact) mass is 337 g/mol. The Bertz CT molecular complexity index is 612. The van der Waals surface area contributed by atoms with E-state index in [-0.39, 0.29) is 17.7 Å². The van der Waals surface area contributed by atoms with Gasteiger partial charge in [0.2, 0.25) is 11.8 Å². The summed E-state index contributed by atoms with van der Waals surface area (Å²) in [5.41, 5.74) is -0.663. The van der Waals surface area contributed by atoms with E-state index in [0.29, 0.717) is 12.8 Å². The van der Waals surface area contributed by atoms with Crippen LogP contribution in [0, 0.1) is 35.0 Å². The molecule has 7 nitrogen and oxygen atoms in total. The van der Waals surface area contributed by atoms with Gasteiger partial charge >= 0.3 is 11.9 Å². The van der Waals surface area contributed by atoms with Crippen LogP contribution in [0.25, 0.3) is 0 Å². The molecule has 2 amide bonds. The van der Waals surface area contributed by atoms with Gasteiger partial charge in [-0.05, 0) is 18.8 Å². The van der Waals surface area contributed by atoms with Gasteiger partial charge in [0.05, 0.1) is 24.9 Å². The summed E-state index contributed by atoms with van der Waals surface area (Å²) in [6.45, 7) is 5.40. The quantitative estimate of drug-likeness (QED) is 0.757. The fourth-order valence-corrected chi connectivity index (χ4v) is 4.38. The third kappa shape index (κ3) is 2.24. The zero-order valence-corrected chi connectivity index (χ0v) is 14.3. The highest BCUT2D eigenvalue weighted by molar-refractivity contribution is 6.00. The van der Waals surface area contributed by atoms with Crippen LogP contribution in [0.5, 0.6) is 0 Å². The highest BCUT2D eigenvalue weighted by atomic mass is 16.6. The molecular weight excluding hydrogens is 314 g/mol. The zero-order valence-electron chi connectivity index (χ0n) is 14.3. The van der Waals surface area contributed by atoms with Crippen LogP contribution in [0.3, 0.4) is 0 Å². The number of ether oxygens (including phenoxy) is 2. The summed E-state index contributed by atoms with van der Waals surface area (Å²) in [6.07, 6.45) is 0.629. The molecule has 6 atom stereocenters. The second-order valence-corrected chi connectivity index (χ2v) is 7.62. The molecule has 1 heterocycles. The Morgan fingerprint density at radius 1 is 1.25 bits per heavy atom. The molecule has 1 N–H and O–H groups in total. The van der Waals surface area contributed by atoms with Crippen molar-refractivity contribution in [2.24, 2.45) is 35.0 Å². The lowest BCUT2D eigenvalue weighted by Gasteiger charge is -2.30. The molecule has 0 radical (unpaired) electrons. The van der Waals surface area contributed by atoms with Gasteiger partial charge in [-0.15, -0.1) is 0 Å². The number of imide groups is 1. The smallest absolute Gasteiger partial charge is 0.310 e. The van der Waals surface area contributed by atoms with Gasteiger partial charge in [-0.2, -0.15) is 0 Å². The molecule has 3 aliphatic rings. The number of methoxy groups -OCH3 is 1. The fraction of sp³-hybridized carbons (Fsp3) is 0.765. The van der Waals surface area contributed by atoms with Gasteiger partial charge in [0.1, 0.15) is 6.10 Å². The largest absolute Gasteiger partial charge is 0.469 e. The molecular formula is C17H23NO6. The van der Waals surface area contributed by atoms with Gasteiger partial charge < -0.3 is 9.47 Å². The minimum absolute atomic E-state index is 0.142. The predicted molar refractivity (Wildman–Crippen MR) is 81.2 cm³/mol.